The van der Waals surface area contributed by atoms with Crippen LogP contribution in [0.4, 0.5) is 4.39 Å². The fourth-order valence-electron chi connectivity index (χ4n) is 4.66. The molecule has 0 aliphatic carbocycles. The topological polar surface area (TPSA) is 34.0 Å². The molecular weight excluding hydrogens is 399 g/mol. The average Bonchev–Trinajstić information content (AvgIpc) is 3.39. The zero-order valence-corrected chi connectivity index (χ0v) is 18.3. The molecule has 1 aliphatic rings. The minimum atomic E-state index is -0.233. The van der Waals surface area contributed by atoms with Gasteiger partial charge in [-0.05, 0) is 61.9 Å². The van der Waals surface area contributed by atoms with Crippen LogP contribution in [0.5, 0.6) is 0 Å². The summed E-state index contributed by atoms with van der Waals surface area (Å²) in [6.07, 6.45) is 6.72. The van der Waals surface area contributed by atoms with Gasteiger partial charge in [0, 0.05) is 49.1 Å². The first-order valence-corrected chi connectivity index (χ1v) is 11.2. The van der Waals surface area contributed by atoms with E-state index in [1.165, 1.54) is 17.7 Å². The lowest BCUT2D eigenvalue weighted by molar-refractivity contribution is 0.284. The van der Waals surface area contributed by atoms with Crippen molar-refractivity contribution in [3.05, 3.63) is 96.3 Å². The van der Waals surface area contributed by atoms with Crippen molar-refractivity contribution in [1.82, 2.24) is 19.4 Å². The van der Waals surface area contributed by atoms with Crippen molar-refractivity contribution in [3.63, 3.8) is 0 Å². The van der Waals surface area contributed by atoms with E-state index in [9.17, 15) is 4.39 Å². The number of imidazole rings is 1. The highest BCUT2D eigenvalue weighted by molar-refractivity contribution is 5.79. The predicted octanol–water partition coefficient (Wildman–Crippen LogP) is 5.41. The molecule has 0 radical (unpaired) electrons. The van der Waals surface area contributed by atoms with Gasteiger partial charge in [0.1, 0.15) is 11.6 Å². The molecule has 0 spiro atoms. The van der Waals surface area contributed by atoms with Crippen LogP contribution < -0.4 is 0 Å². The molecule has 1 unspecified atom stereocenters. The van der Waals surface area contributed by atoms with Crippen molar-refractivity contribution in [2.45, 2.75) is 25.3 Å². The molecule has 2 aromatic heterocycles. The number of fused-ring (bicyclic) bond motifs is 1. The number of benzene rings is 2. The Morgan fingerprint density at radius 2 is 1.72 bits per heavy atom. The first-order chi connectivity index (χ1) is 15.7. The van der Waals surface area contributed by atoms with Crippen molar-refractivity contribution in [2.75, 3.05) is 20.1 Å². The standard InChI is InChI=1S/C27H27FN4/c1-31(18-15-20-5-3-2-4-6-20)19-24-11-12-25-30-26(21-7-9-23(28)10-8-21)27(32(24)25)22-13-16-29-17-14-22/h2-10,13-14,16-17,24H,11-12,15,18-19H2,1H3. The Hall–Kier alpha value is -3.31. The van der Waals surface area contributed by atoms with Crippen molar-refractivity contribution >= 4 is 0 Å². The first kappa shape index (κ1) is 20.6. The summed E-state index contributed by atoms with van der Waals surface area (Å²) in [6.45, 7) is 1.98. The van der Waals surface area contributed by atoms with Crippen LogP contribution in [0.25, 0.3) is 22.5 Å². The van der Waals surface area contributed by atoms with E-state index in [-0.39, 0.29) is 5.82 Å². The molecule has 162 valence electrons. The van der Waals surface area contributed by atoms with Gasteiger partial charge in [0.15, 0.2) is 0 Å². The van der Waals surface area contributed by atoms with Crippen LogP contribution in [0.3, 0.4) is 0 Å². The molecule has 4 nitrogen and oxygen atoms in total. The molecule has 0 saturated heterocycles. The lowest BCUT2D eigenvalue weighted by Crippen LogP contribution is -2.28. The number of hydrogen-bond acceptors (Lipinski definition) is 3. The molecule has 1 aliphatic heterocycles. The molecule has 1 atom stereocenters. The maximum Gasteiger partial charge on any atom is 0.123 e. The Morgan fingerprint density at radius 3 is 2.47 bits per heavy atom. The molecule has 5 heteroatoms. The van der Waals surface area contributed by atoms with E-state index < -0.39 is 0 Å². The average molecular weight is 427 g/mol. The third kappa shape index (κ3) is 4.21. The number of hydrogen-bond donors (Lipinski definition) is 0. The minimum Gasteiger partial charge on any atom is -0.323 e. The molecule has 32 heavy (non-hydrogen) atoms. The quantitative estimate of drug-likeness (QED) is 0.396. The van der Waals surface area contributed by atoms with Crippen molar-refractivity contribution in [3.8, 4) is 22.5 Å². The van der Waals surface area contributed by atoms with Crippen molar-refractivity contribution in [1.29, 1.82) is 0 Å². The summed E-state index contributed by atoms with van der Waals surface area (Å²) in [5.74, 6) is 0.876. The van der Waals surface area contributed by atoms with Crippen molar-refractivity contribution < 1.29 is 4.39 Å². The normalized spacial score (nSPS) is 15.3. The van der Waals surface area contributed by atoms with E-state index in [0.717, 1.165) is 60.7 Å². The van der Waals surface area contributed by atoms with Crippen molar-refractivity contribution in [2.24, 2.45) is 0 Å². The number of aryl methyl sites for hydroxylation is 1. The highest BCUT2D eigenvalue weighted by Gasteiger charge is 2.30. The molecule has 3 heterocycles. The van der Waals surface area contributed by atoms with Gasteiger partial charge in [-0.3, -0.25) is 4.98 Å². The monoisotopic (exact) mass is 426 g/mol. The van der Waals surface area contributed by atoms with Crippen LogP contribution in [0.2, 0.25) is 0 Å². The summed E-state index contributed by atoms with van der Waals surface area (Å²) in [6, 6.07) is 21.7. The maximum absolute atomic E-state index is 13.5. The third-order valence-corrected chi connectivity index (χ3v) is 6.27. The first-order valence-electron chi connectivity index (χ1n) is 11.2. The van der Waals surface area contributed by atoms with Crippen LogP contribution in [-0.4, -0.2) is 39.6 Å². The fourth-order valence-corrected chi connectivity index (χ4v) is 4.66. The summed E-state index contributed by atoms with van der Waals surface area (Å²) >= 11 is 0. The van der Waals surface area contributed by atoms with E-state index in [2.05, 4.69) is 51.8 Å². The Morgan fingerprint density at radius 1 is 0.969 bits per heavy atom. The number of pyridine rings is 1. The smallest absolute Gasteiger partial charge is 0.123 e. The van der Waals surface area contributed by atoms with E-state index in [4.69, 9.17) is 4.98 Å². The second kappa shape index (κ2) is 9.05. The van der Waals surface area contributed by atoms with Gasteiger partial charge in [-0.25, -0.2) is 9.37 Å². The van der Waals surface area contributed by atoms with E-state index in [1.807, 2.05) is 36.7 Å². The molecule has 0 bridgehead atoms. The summed E-state index contributed by atoms with van der Waals surface area (Å²) < 4.78 is 16.0. The summed E-state index contributed by atoms with van der Waals surface area (Å²) in [5.41, 5.74) is 5.43. The van der Waals surface area contributed by atoms with Crippen LogP contribution >= 0.6 is 0 Å². The number of aromatic nitrogens is 3. The van der Waals surface area contributed by atoms with Gasteiger partial charge >= 0.3 is 0 Å². The lowest BCUT2D eigenvalue weighted by atomic mass is 10.0. The van der Waals surface area contributed by atoms with Gasteiger partial charge in [-0.1, -0.05) is 30.3 Å². The van der Waals surface area contributed by atoms with Crippen LogP contribution in [-0.2, 0) is 12.8 Å². The van der Waals surface area contributed by atoms with E-state index in [0.29, 0.717) is 6.04 Å². The highest BCUT2D eigenvalue weighted by Crippen LogP contribution is 2.39. The van der Waals surface area contributed by atoms with Crippen LogP contribution in [0.15, 0.2) is 79.1 Å². The zero-order valence-electron chi connectivity index (χ0n) is 18.3. The Labute approximate surface area is 188 Å². The zero-order chi connectivity index (χ0) is 21.9. The minimum absolute atomic E-state index is 0.233. The van der Waals surface area contributed by atoms with Gasteiger partial charge < -0.3 is 9.47 Å². The SMILES string of the molecule is CN(CCc1ccccc1)CC1CCc2nc(-c3ccc(F)cc3)c(-c3ccncc3)n21. The van der Waals surface area contributed by atoms with Crippen LogP contribution in [0.1, 0.15) is 23.9 Å². The summed E-state index contributed by atoms with van der Waals surface area (Å²) in [5, 5.41) is 0. The third-order valence-electron chi connectivity index (χ3n) is 6.27. The fraction of sp³-hybridized carbons (Fsp3) is 0.259. The van der Waals surface area contributed by atoms with Gasteiger partial charge in [-0.2, -0.15) is 0 Å². The molecular formula is C27H27FN4. The number of nitrogens with zero attached hydrogens (tertiary/aromatic N) is 4. The summed E-state index contributed by atoms with van der Waals surface area (Å²) in [4.78, 5) is 11.6. The Bertz CT molecular complexity index is 1170. The molecule has 5 rings (SSSR count). The predicted molar refractivity (Wildman–Crippen MR) is 126 cm³/mol. The molecule has 0 amide bonds. The molecule has 0 N–H and O–H groups in total. The van der Waals surface area contributed by atoms with Gasteiger partial charge in [0.25, 0.3) is 0 Å². The Balaban J connectivity index is 1.44. The molecule has 0 saturated carbocycles. The van der Waals surface area contributed by atoms with Crippen LogP contribution in [0, 0.1) is 5.82 Å². The highest BCUT2D eigenvalue weighted by atomic mass is 19.1. The molecule has 4 aromatic rings. The number of rotatable bonds is 7. The summed E-state index contributed by atoms with van der Waals surface area (Å²) in [7, 11) is 2.20. The number of halogens is 1. The van der Waals surface area contributed by atoms with E-state index >= 15 is 0 Å². The van der Waals surface area contributed by atoms with E-state index in [1.54, 1.807) is 0 Å². The second-order valence-corrected chi connectivity index (χ2v) is 8.53. The Kier molecular flexibility index (Phi) is 5.82. The van der Waals surface area contributed by atoms with Gasteiger partial charge in [-0.15, -0.1) is 0 Å². The second-order valence-electron chi connectivity index (χ2n) is 8.53. The van der Waals surface area contributed by atoms with Gasteiger partial charge in [0.2, 0.25) is 0 Å². The number of likely N-dealkylation sites (N-methyl/N-ethyl adjacent to an activating group) is 1. The largest absolute Gasteiger partial charge is 0.323 e. The molecule has 2 aromatic carbocycles. The lowest BCUT2D eigenvalue weighted by Gasteiger charge is -2.24. The maximum atomic E-state index is 13.5. The molecule has 0 fully saturated rings. The van der Waals surface area contributed by atoms with Gasteiger partial charge in [0.05, 0.1) is 11.4 Å².